The van der Waals surface area contributed by atoms with Gasteiger partial charge >= 0.3 is 0 Å². The normalized spacial score (nSPS) is 15.9. The summed E-state index contributed by atoms with van der Waals surface area (Å²) in [4.78, 5) is 20.5. The molecular weight excluding hydrogens is 216 g/mol. The standard InChI is InChI=1S/C6H10O7S/c7-2-4(9)1-6(5(10)3-8)14(11,12)13/h2,5-6,8,10H,1,3H2,(H,11,12,13). The molecule has 2 atom stereocenters. The van der Waals surface area contributed by atoms with Crippen LogP contribution in [0, 0.1) is 0 Å². The Morgan fingerprint density at radius 1 is 1.43 bits per heavy atom. The van der Waals surface area contributed by atoms with Crippen molar-refractivity contribution in [2.24, 2.45) is 0 Å². The summed E-state index contributed by atoms with van der Waals surface area (Å²) in [5.74, 6) is -1.08. The van der Waals surface area contributed by atoms with E-state index in [4.69, 9.17) is 14.8 Å². The molecule has 0 bridgehead atoms. The Labute approximate surface area is 80.1 Å². The summed E-state index contributed by atoms with van der Waals surface area (Å²) in [5, 5.41) is 15.5. The van der Waals surface area contributed by atoms with Gasteiger partial charge in [-0.2, -0.15) is 8.42 Å². The second-order valence-corrected chi connectivity index (χ2v) is 4.23. The fourth-order valence-electron chi connectivity index (χ4n) is 0.804. The van der Waals surface area contributed by atoms with Crippen molar-refractivity contribution >= 4 is 22.2 Å². The van der Waals surface area contributed by atoms with Crippen molar-refractivity contribution < 1.29 is 32.8 Å². The third-order valence-corrected chi connectivity index (χ3v) is 2.78. The number of rotatable bonds is 6. The Kier molecular flexibility index (Phi) is 4.85. The van der Waals surface area contributed by atoms with Crippen molar-refractivity contribution in [2.75, 3.05) is 6.61 Å². The second-order valence-electron chi connectivity index (χ2n) is 2.59. The van der Waals surface area contributed by atoms with Crippen LogP contribution in [0.15, 0.2) is 0 Å². The Morgan fingerprint density at radius 3 is 2.21 bits per heavy atom. The van der Waals surface area contributed by atoms with Crippen LogP contribution in [0.5, 0.6) is 0 Å². The van der Waals surface area contributed by atoms with Crippen molar-refractivity contribution in [3.63, 3.8) is 0 Å². The molecule has 0 heterocycles. The molecule has 82 valence electrons. The van der Waals surface area contributed by atoms with Gasteiger partial charge in [0.2, 0.25) is 0 Å². The smallest absolute Gasteiger partial charge is 0.270 e. The summed E-state index contributed by atoms with van der Waals surface area (Å²) in [6, 6.07) is 0. The van der Waals surface area contributed by atoms with E-state index in [0.717, 1.165) is 0 Å². The molecule has 0 saturated heterocycles. The third kappa shape index (κ3) is 3.92. The lowest BCUT2D eigenvalue weighted by Gasteiger charge is -2.16. The monoisotopic (exact) mass is 226 g/mol. The molecule has 0 aromatic rings. The first kappa shape index (κ1) is 13.2. The van der Waals surface area contributed by atoms with E-state index in [2.05, 4.69) is 0 Å². The van der Waals surface area contributed by atoms with Crippen molar-refractivity contribution in [1.29, 1.82) is 0 Å². The third-order valence-electron chi connectivity index (χ3n) is 1.53. The van der Waals surface area contributed by atoms with Crippen LogP contribution >= 0.6 is 0 Å². The number of Topliss-reactive ketones (excluding diaryl/α,β-unsaturated/α-hetero) is 1. The van der Waals surface area contributed by atoms with Crippen molar-refractivity contribution in [3.8, 4) is 0 Å². The number of ketones is 1. The van der Waals surface area contributed by atoms with Gasteiger partial charge in [-0.3, -0.25) is 14.1 Å². The van der Waals surface area contributed by atoms with Crippen molar-refractivity contribution in [1.82, 2.24) is 0 Å². The van der Waals surface area contributed by atoms with Gasteiger partial charge in [0.1, 0.15) is 5.25 Å². The zero-order valence-electron chi connectivity index (χ0n) is 7.03. The molecule has 0 amide bonds. The fourth-order valence-corrected chi connectivity index (χ4v) is 1.66. The largest absolute Gasteiger partial charge is 0.394 e. The van der Waals surface area contributed by atoms with Crippen LogP contribution in [0.25, 0.3) is 0 Å². The molecule has 0 rings (SSSR count). The lowest BCUT2D eigenvalue weighted by atomic mass is 10.1. The number of aldehydes is 1. The summed E-state index contributed by atoms with van der Waals surface area (Å²) < 4.78 is 29.8. The highest BCUT2D eigenvalue weighted by atomic mass is 32.2. The SMILES string of the molecule is O=CC(=O)CC(C(O)CO)S(=O)(=O)O. The van der Waals surface area contributed by atoms with Gasteiger partial charge in [-0.25, -0.2) is 0 Å². The van der Waals surface area contributed by atoms with Gasteiger partial charge in [0.05, 0.1) is 12.7 Å². The molecule has 0 radical (unpaired) electrons. The van der Waals surface area contributed by atoms with Gasteiger partial charge in [-0.05, 0) is 0 Å². The van der Waals surface area contributed by atoms with E-state index in [-0.39, 0.29) is 6.29 Å². The average molecular weight is 226 g/mol. The molecule has 3 N–H and O–H groups in total. The van der Waals surface area contributed by atoms with E-state index < -0.39 is 40.3 Å². The number of aliphatic hydroxyl groups is 2. The molecule has 0 fully saturated rings. The lowest BCUT2D eigenvalue weighted by molar-refractivity contribution is -0.130. The van der Waals surface area contributed by atoms with Gasteiger partial charge < -0.3 is 10.2 Å². The van der Waals surface area contributed by atoms with E-state index >= 15 is 0 Å². The maximum Gasteiger partial charge on any atom is 0.270 e. The van der Waals surface area contributed by atoms with Gasteiger partial charge in [-0.15, -0.1) is 0 Å². The highest BCUT2D eigenvalue weighted by Gasteiger charge is 2.32. The first-order valence-electron chi connectivity index (χ1n) is 3.56. The first-order chi connectivity index (χ1) is 6.32. The van der Waals surface area contributed by atoms with Crippen LogP contribution < -0.4 is 0 Å². The van der Waals surface area contributed by atoms with E-state index in [0.29, 0.717) is 0 Å². The fraction of sp³-hybridized carbons (Fsp3) is 0.667. The van der Waals surface area contributed by atoms with Crippen LogP contribution in [0.2, 0.25) is 0 Å². The zero-order chi connectivity index (χ0) is 11.4. The Hall–Kier alpha value is -0.830. The van der Waals surface area contributed by atoms with E-state index in [1.54, 1.807) is 0 Å². The van der Waals surface area contributed by atoms with Crippen molar-refractivity contribution in [2.45, 2.75) is 17.8 Å². The summed E-state index contributed by atoms with van der Waals surface area (Å²) in [6.45, 7) is -0.934. The molecule has 14 heavy (non-hydrogen) atoms. The van der Waals surface area contributed by atoms with Gasteiger partial charge in [-0.1, -0.05) is 0 Å². The zero-order valence-corrected chi connectivity index (χ0v) is 7.85. The molecular formula is C6H10O7S. The maximum absolute atomic E-state index is 10.6. The van der Waals surface area contributed by atoms with Gasteiger partial charge in [0.15, 0.2) is 12.1 Å². The topological polar surface area (TPSA) is 129 Å². The van der Waals surface area contributed by atoms with Crippen LogP contribution in [0.3, 0.4) is 0 Å². The minimum absolute atomic E-state index is 0.123. The first-order valence-corrected chi connectivity index (χ1v) is 5.06. The molecule has 0 aliphatic rings. The summed E-state index contributed by atoms with van der Waals surface area (Å²) in [5.41, 5.74) is 0. The highest BCUT2D eigenvalue weighted by molar-refractivity contribution is 7.86. The summed E-state index contributed by atoms with van der Waals surface area (Å²) in [7, 11) is -4.67. The predicted octanol–water partition coefficient (Wildman–Crippen LogP) is -2.25. The van der Waals surface area contributed by atoms with Crippen molar-refractivity contribution in [3.05, 3.63) is 0 Å². The molecule has 0 aliphatic heterocycles. The van der Waals surface area contributed by atoms with Crippen LogP contribution in [-0.4, -0.2) is 53.2 Å². The molecule has 0 spiro atoms. The molecule has 0 aromatic carbocycles. The van der Waals surface area contributed by atoms with Crippen LogP contribution in [0.1, 0.15) is 6.42 Å². The van der Waals surface area contributed by atoms with E-state index in [1.165, 1.54) is 0 Å². The van der Waals surface area contributed by atoms with E-state index in [9.17, 15) is 18.0 Å². The van der Waals surface area contributed by atoms with Gasteiger partial charge in [0, 0.05) is 6.42 Å². The Morgan fingerprint density at radius 2 is 1.93 bits per heavy atom. The molecule has 2 unspecified atom stereocenters. The number of aliphatic hydroxyl groups excluding tert-OH is 2. The number of carbonyl (C=O) groups excluding carboxylic acids is 2. The molecule has 0 saturated carbocycles. The van der Waals surface area contributed by atoms with Gasteiger partial charge in [0.25, 0.3) is 10.1 Å². The number of hydrogen-bond donors (Lipinski definition) is 3. The molecule has 0 aliphatic carbocycles. The summed E-state index contributed by atoms with van der Waals surface area (Å²) >= 11 is 0. The van der Waals surface area contributed by atoms with Crippen LogP contribution in [-0.2, 0) is 19.7 Å². The van der Waals surface area contributed by atoms with Crippen LogP contribution in [0.4, 0.5) is 0 Å². The minimum atomic E-state index is -4.67. The molecule has 0 aromatic heterocycles. The highest BCUT2D eigenvalue weighted by Crippen LogP contribution is 2.09. The molecule has 8 heteroatoms. The quantitative estimate of drug-likeness (QED) is 0.265. The number of hydrogen-bond acceptors (Lipinski definition) is 6. The molecule has 7 nitrogen and oxygen atoms in total. The average Bonchev–Trinajstić information content (AvgIpc) is 2.10. The summed E-state index contributed by atoms with van der Waals surface area (Å²) in [6.07, 6.45) is -2.78. The lowest BCUT2D eigenvalue weighted by Crippen LogP contribution is -2.38. The Bertz CT molecular complexity index is 306. The second kappa shape index (κ2) is 5.15. The Balaban J connectivity index is 4.75. The minimum Gasteiger partial charge on any atom is -0.394 e. The predicted molar refractivity (Wildman–Crippen MR) is 44.1 cm³/mol. The maximum atomic E-state index is 10.6. The number of carbonyl (C=O) groups is 2. The van der Waals surface area contributed by atoms with E-state index in [1.807, 2.05) is 0 Å².